The molecule has 18 heavy (non-hydrogen) atoms. The quantitative estimate of drug-likeness (QED) is 0.736. The van der Waals surface area contributed by atoms with Gasteiger partial charge < -0.3 is 0 Å². The summed E-state index contributed by atoms with van der Waals surface area (Å²) < 4.78 is 0. The van der Waals surface area contributed by atoms with E-state index < -0.39 is 0 Å². The van der Waals surface area contributed by atoms with Crippen molar-refractivity contribution in [3.63, 3.8) is 0 Å². The topological polar surface area (TPSA) is 17.1 Å². The number of hydrogen-bond donors (Lipinski definition) is 0. The maximum absolute atomic E-state index is 12.3. The van der Waals surface area contributed by atoms with Crippen LogP contribution in [-0.2, 0) is 12.8 Å². The molecule has 0 aliphatic carbocycles. The van der Waals surface area contributed by atoms with Crippen LogP contribution in [0.4, 0.5) is 0 Å². The Labute approximate surface area is 108 Å². The van der Waals surface area contributed by atoms with Crippen molar-refractivity contribution in [2.45, 2.75) is 26.7 Å². The lowest BCUT2D eigenvalue weighted by molar-refractivity contribution is 0.0992. The van der Waals surface area contributed by atoms with Crippen molar-refractivity contribution >= 4 is 5.78 Å². The van der Waals surface area contributed by atoms with E-state index in [2.05, 4.69) is 13.0 Å². The van der Waals surface area contributed by atoms with Crippen molar-refractivity contribution in [3.8, 4) is 0 Å². The van der Waals surface area contributed by atoms with Crippen LogP contribution < -0.4 is 0 Å². The van der Waals surface area contributed by atoms with Crippen molar-refractivity contribution in [1.29, 1.82) is 0 Å². The minimum atomic E-state index is 0.207. The molecule has 2 rings (SSSR count). The van der Waals surface area contributed by atoms with Gasteiger partial charge in [0.05, 0.1) is 0 Å². The van der Waals surface area contributed by atoms with E-state index in [1.54, 1.807) is 0 Å². The van der Waals surface area contributed by atoms with Gasteiger partial charge in [0.2, 0.25) is 0 Å². The normalized spacial score (nSPS) is 10.3. The van der Waals surface area contributed by atoms with Crippen molar-refractivity contribution in [2.24, 2.45) is 0 Å². The summed E-state index contributed by atoms with van der Waals surface area (Å²) in [5, 5.41) is 0. The first-order valence-electron chi connectivity index (χ1n) is 6.37. The SMILES string of the molecule is CCc1ccccc1C(=O)Cc1cccc(C)c1. The number of carbonyl (C=O) groups is 1. The third kappa shape index (κ3) is 2.86. The highest BCUT2D eigenvalue weighted by molar-refractivity contribution is 5.98. The molecule has 0 saturated heterocycles. The fourth-order valence-corrected chi connectivity index (χ4v) is 2.20. The molecule has 2 aromatic rings. The minimum absolute atomic E-state index is 0.207. The van der Waals surface area contributed by atoms with Crippen LogP contribution in [0.15, 0.2) is 48.5 Å². The van der Waals surface area contributed by atoms with Crippen LogP contribution in [0.1, 0.15) is 34.0 Å². The number of ketones is 1. The molecule has 1 nitrogen and oxygen atoms in total. The summed E-state index contributed by atoms with van der Waals surface area (Å²) in [6.07, 6.45) is 1.38. The Bertz CT molecular complexity index is 555. The summed E-state index contributed by atoms with van der Waals surface area (Å²) >= 11 is 0. The zero-order valence-electron chi connectivity index (χ0n) is 10.9. The molecule has 1 heteroatoms. The summed E-state index contributed by atoms with van der Waals surface area (Å²) in [7, 11) is 0. The van der Waals surface area contributed by atoms with Gasteiger partial charge >= 0.3 is 0 Å². The van der Waals surface area contributed by atoms with Crippen LogP contribution in [0.2, 0.25) is 0 Å². The van der Waals surface area contributed by atoms with Crippen LogP contribution in [0.5, 0.6) is 0 Å². The number of benzene rings is 2. The highest BCUT2D eigenvalue weighted by Crippen LogP contribution is 2.14. The zero-order chi connectivity index (χ0) is 13.0. The number of carbonyl (C=O) groups excluding carboxylic acids is 1. The summed E-state index contributed by atoms with van der Waals surface area (Å²) in [6.45, 7) is 4.13. The molecule has 0 radical (unpaired) electrons. The lowest BCUT2D eigenvalue weighted by atomic mass is 9.97. The maximum Gasteiger partial charge on any atom is 0.167 e. The number of hydrogen-bond acceptors (Lipinski definition) is 1. The molecule has 0 spiro atoms. The largest absolute Gasteiger partial charge is 0.294 e. The van der Waals surface area contributed by atoms with Gasteiger partial charge in [-0.25, -0.2) is 0 Å². The molecule has 0 aromatic heterocycles. The smallest absolute Gasteiger partial charge is 0.167 e. The third-order valence-corrected chi connectivity index (χ3v) is 3.15. The Kier molecular flexibility index (Phi) is 3.93. The predicted octanol–water partition coefficient (Wildman–Crippen LogP) is 3.98. The maximum atomic E-state index is 12.3. The highest BCUT2D eigenvalue weighted by atomic mass is 16.1. The van der Waals surface area contributed by atoms with Gasteiger partial charge in [-0.05, 0) is 24.5 Å². The van der Waals surface area contributed by atoms with Crippen LogP contribution in [-0.4, -0.2) is 5.78 Å². The Hall–Kier alpha value is -1.89. The van der Waals surface area contributed by atoms with Crippen LogP contribution in [0.3, 0.4) is 0 Å². The molecule has 2 aromatic carbocycles. The van der Waals surface area contributed by atoms with E-state index >= 15 is 0 Å². The second-order valence-corrected chi connectivity index (χ2v) is 4.60. The number of rotatable bonds is 4. The summed E-state index contributed by atoms with van der Waals surface area (Å²) in [6, 6.07) is 16.0. The molecule has 0 amide bonds. The summed E-state index contributed by atoms with van der Waals surface area (Å²) in [4.78, 5) is 12.3. The van der Waals surface area contributed by atoms with Crippen LogP contribution >= 0.6 is 0 Å². The first-order chi connectivity index (χ1) is 8.70. The van der Waals surface area contributed by atoms with Gasteiger partial charge in [-0.3, -0.25) is 4.79 Å². The average molecular weight is 238 g/mol. The van der Waals surface area contributed by atoms with E-state index in [1.165, 1.54) is 5.56 Å². The third-order valence-electron chi connectivity index (χ3n) is 3.15. The molecule has 0 heterocycles. The molecule has 0 fully saturated rings. The second kappa shape index (κ2) is 5.63. The molecule has 0 bridgehead atoms. The number of aryl methyl sites for hydroxylation is 2. The van der Waals surface area contributed by atoms with Crippen LogP contribution in [0.25, 0.3) is 0 Å². The fourth-order valence-electron chi connectivity index (χ4n) is 2.20. The predicted molar refractivity (Wildman–Crippen MR) is 75.0 cm³/mol. The zero-order valence-corrected chi connectivity index (χ0v) is 10.9. The van der Waals surface area contributed by atoms with E-state index in [4.69, 9.17) is 0 Å². The lowest BCUT2D eigenvalue weighted by Crippen LogP contribution is -2.06. The van der Waals surface area contributed by atoms with Gasteiger partial charge in [-0.1, -0.05) is 61.0 Å². The van der Waals surface area contributed by atoms with E-state index in [0.29, 0.717) is 6.42 Å². The van der Waals surface area contributed by atoms with Crippen molar-refractivity contribution in [2.75, 3.05) is 0 Å². The van der Waals surface area contributed by atoms with Crippen molar-refractivity contribution in [3.05, 3.63) is 70.8 Å². The van der Waals surface area contributed by atoms with E-state index in [0.717, 1.165) is 23.1 Å². The molecule has 0 unspecified atom stereocenters. The Balaban J connectivity index is 2.22. The Morgan fingerprint density at radius 1 is 1.06 bits per heavy atom. The van der Waals surface area contributed by atoms with Gasteiger partial charge in [0.25, 0.3) is 0 Å². The second-order valence-electron chi connectivity index (χ2n) is 4.60. The average Bonchev–Trinajstić information content (AvgIpc) is 2.38. The van der Waals surface area contributed by atoms with Gasteiger partial charge in [0, 0.05) is 12.0 Å². The van der Waals surface area contributed by atoms with Crippen molar-refractivity contribution < 1.29 is 4.79 Å². The van der Waals surface area contributed by atoms with E-state index in [9.17, 15) is 4.79 Å². The molecular weight excluding hydrogens is 220 g/mol. The fraction of sp³-hybridized carbons (Fsp3) is 0.235. The standard InChI is InChI=1S/C17H18O/c1-3-15-9-4-5-10-16(15)17(18)12-14-8-6-7-13(2)11-14/h4-11H,3,12H2,1-2H3. The molecule has 0 atom stereocenters. The molecule has 0 aliphatic heterocycles. The molecule has 0 saturated carbocycles. The molecular formula is C17H18O. The molecule has 0 N–H and O–H groups in total. The van der Waals surface area contributed by atoms with E-state index in [1.807, 2.05) is 49.4 Å². The summed E-state index contributed by atoms with van der Waals surface area (Å²) in [5.41, 5.74) is 4.28. The molecule has 92 valence electrons. The number of Topliss-reactive ketones (excluding diaryl/α,β-unsaturated/α-hetero) is 1. The van der Waals surface area contributed by atoms with Gasteiger partial charge in [0.15, 0.2) is 5.78 Å². The van der Waals surface area contributed by atoms with Crippen molar-refractivity contribution in [1.82, 2.24) is 0 Å². The Morgan fingerprint density at radius 2 is 1.83 bits per heavy atom. The monoisotopic (exact) mass is 238 g/mol. The molecule has 0 aliphatic rings. The van der Waals surface area contributed by atoms with E-state index in [-0.39, 0.29) is 5.78 Å². The minimum Gasteiger partial charge on any atom is -0.294 e. The van der Waals surface area contributed by atoms with Crippen LogP contribution in [0, 0.1) is 6.92 Å². The van der Waals surface area contributed by atoms with Gasteiger partial charge in [-0.2, -0.15) is 0 Å². The highest BCUT2D eigenvalue weighted by Gasteiger charge is 2.10. The first kappa shape index (κ1) is 12.6. The lowest BCUT2D eigenvalue weighted by Gasteiger charge is -2.07. The first-order valence-corrected chi connectivity index (χ1v) is 6.37. The summed E-state index contributed by atoms with van der Waals surface area (Å²) in [5.74, 6) is 0.207. The Morgan fingerprint density at radius 3 is 2.56 bits per heavy atom. The van der Waals surface area contributed by atoms with Gasteiger partial charge in [0.1, 0.15) is 0 Å². The van der Waals surface area contributed by atoms with Gasteiger partial charge in [-0.15, -0.1) is 0 Å².